The fourth-order valence-corrected chi connectivity index (χ4v) is 7.17. The molecular formula is C31H22ClN7O4S3. The molecule has 2 amide bonds. The Labute approximate surface area is 279 Å². The molecule has 2 heterocycles. The van der Waals surface area contributed by atoms with Crippen LogP contribution in [0, 0.1) is 10.1 Å². The molecule has 0 unspecified atom stereocenters. The number of para-hydroxylation sites is 3. The van der Waals surface area contributed by atoms with Crippen LogP contribution < -0.4 is 10.6 Å². The van der Waals surface area contributed by atoms with Crippen LogP contribution in [-0.4, -0.2) is 48.0 Å². The van der Waals surface area contributed by atoms with Gasteiger partial charge in [0.15, 0.2) is 15.3 Å². The van der Waals surface area contributed by atoms with Crippen molar-refractivity contribution >= 4 is 85.6 Å². The van der Waals surface area contributed by atoms with Gasteiger partial charge in [0.2, 0.25) is 11.8 Å². The van der Waals surface area contributed by atoms with Crippen LogP contribution in [0.3, 0.4) is 0 Å². The minimum Gasteiger partial charge on any atom is -0.325 e. The number of amides is 2. The van der Waals surface area contributed by atoms with Gasteiger partial charge in [0.05, 0.1) is 26.6 Å². The van der Waals surface area contributed by atoms with Crippen molar-refractivity contribution in [1.29, 1.82) is 0 Å². The number of halogens is 1. The maximum atomic E-state index is 13.0. The number of carbonyl (C=O) groups excluding carboxylic acids is 2. The number of nitro benzene ring substituents is 1. The van der Waals surface area contributed by atoms with E-state index in [1.54, 1.807) is 30.3 Å². The van der Waals surface area contributed by atoms with Crippen LogP contribution in [0.2, 0.25) is 5.02 Å². The molecule has 230 valence electrons. The minimum atomic E-state index is -0.541. The SMILES string of the molecule is O=C(CSc1nnc(-c2ccc(Cl)cc2)n1-c1ccccc1)Nc1ccc2nc(SCC(=O)Nc3ccccc3[N+](=O)[O-])sc2c1. The highest BCUT2D eigenvalue weighted by Gasteiger charge is 2.18. The van der Waals surface area contributed by atoms with E-state index in [0.29, 0.717) is 26.0 Å². The molecule has 2 aromatic heterocycles. The highest BCUT2D eigenvalue weighted by atomic mass is 35.5. The predicted molar refractivity (Wildman–Crippen MR) is 183 cm³/mol. The van der Waals surface area contributed by atoms with Gasteiger partial charge in [-0.15, -0.1) is 21.5 Å². The molecule has 6 aromatic rings. The first-order valence-electron chi connectivity index (χ1n) is 13.6. The summed E-state index contributed by atoms with van der Waals surface area (Å²) < 4.78 is 3.40. The Morgan fingerprint density at radius 2 is 1.59 bits per heavy atom. The topological polar surface area (TPSA) is 145 Å². The number of fused-ring (bicyclic) bond motifs is 1. The fourth-order valence-electron chi connectivity index (χ4n) is 4.38. The van der Waals surface area contributed by atoms with E-state index in [1.165, 1.54) is 53.1 Å². The summed E-state index contributed by atoms with van der Waals surface area (Å²) in [5, 5.41) is 26.7. The van der Waals surface area contributed by atoms with Crippen LogP contribution in [0.15, 0.2) is 107 Å². The van der Waals surface area contributed by atoms with Crippen molar-refractivity contribution < 1.29 is 14.5 Å². The molecule has 0 fully saturated rings. The molecule has 0 aliphatic carbocycles. The smallest absolute Gasteiger partial charge is 0.292 e. The molecule has 4 aromatic carbocycles. The number of rotatable bonds is 11. The lowest BCUT2D eigenvalue weighted by molar-refractivity contribution is -0.383. The zero-order chi connectivity index (χ0) is 32.0. The normalized spacial score (nSPS) is 11.0. The first-order valence-corrected chi connectivity index (χ1v) is 16.8. The van der Waals surface area contributed by atoms with Crippen molar-refractivity contribution in [2.24, 2.45) is 0 Å². The second-order valence-electron chi connectivity index (χ2n) is 9.59. The number of carbonyl (C=O) groups is 2. The Morgan fingerprint density at radius 1 is 0.870 bits per heavy atom. The van der Waals surface area contributed by atoms with Crippen molar-refractivity contribution in [2.45, 2.75) is 9.50 Å². The predicted octanol–water partition coefficient (Wildman–Crippen LogP) is 7.57. The van der Waals surface area contributed by atoms with Gasteiger partial charge in [-0.2, -0.15) is 0 Å². The van der Waals surface area contributed by atoms with E-state index in [2.05, 4.69) is 25.8 Å². The average molecular weight is 688 g/mol. The summed E-state index contributed by atoms with van der Waals surface area (Å²) in [5.74, 6) is 0.161. The molecule has 6 rings (SSSR count). The Morgan fingerprint density at radius 3 is 2.37 bits per heavy atom. The number of aromatic nitrogens is 4. The van der Waals surface area contributed by atoms with Gasteiger partial charge >= 0.3 is 0 Å². The maximum absolute atomic E-state index is 13.0. The largest absolute Gasteiger partial charge is 0.325 e. The Kier molecular flexibility index (Phi) is 9.59. The fraction of sp³-hybridized carbons (Fsp3) is 0.0645. The van der Waals surface area contributed by atoms with Crippen molar-refractivity contribution in [3.63, 3.8) is 0 Å². The number of thiazole rings is 1. The molecule has 0 saturated carbocycles. The van der Waals surface area contributed by atoms with Gasteiger partial charge in [-0.3, -0.25) is 24.3 Å². The van der Waals surface area contributed by atoms with Gasteiger partial charge in [-0.05, 0) is 60.7 Å². The third kappa shape index (κ3) is 7.37. The lowest BCUT2D eigenvalue weighted by atomic mass is 10.2. The number of nitrogens with zero attached hydrogens (tertiary/aromatic N) is 5. The molecule has 0 atom stereocenters. The van der Waals surface area contributed by atoms with Crippen LogP contribution in [-0.2, 0) is 9.59 Å². The van der Waals surface area contributed by atoms with Crippen molar-refractivity contribution in [2.75, 3.05) is 22.1 Å². The Bertz CT molecular complexity index is 2050. The number of nitrogens with one attached hydrogen (secondary N) is 2. The summed E-state index contributed by atoms with van der Waals surface area (Å²) in [4.78, 5) is 40.7. The van der Waals surface area contributed by atoms with Gasteiger partial charge in [-0.1, -0.05) is 65.5 Å². The standard InChI is InChI=1S/C31H22ClN7O4S3/c32-20-12-10-19(11-13-20)29-36-37-30(38(29)22-6-2-1-3-7-22)44-17-27(40)33-21-14-15-24-26(16-21)46-31(35-24)45-18-28(41)34-23-8-4-5-9-25(23)39(42)43/h1-16H,17-18H2,(H,33,40)(H,34,41). The molecule has 0 bridgehead atoms. The minimum absolute atomic E-state index is 0.0278. The van der Waals surface area contributed by atoms with E-state index in [9.17, 15) is 19.7 Å². The average Bonchev–Trinajstić information content (AvgIpc) is 3.67. The lowest BCUT2D eigenvalue weighted by Crippen LogP contribution is -2.15. The van der Waals surface area contributed by atoms with Gasteiger partial charge in [0.25, 0.3) is 5.69 Å². The first kappa shape index (κ1) is 31.2. The van der Waals surface area contributed by atoms with Gasteiger partial charge in [0.1, 0.15) is 5.69 Å². The van der Waals surface area contributed by atoms with Crippen LogP contribution in [0.4, 0.5) is 17.1 Å². The monoisotopic (exact) mass is 687 g/mol. The quantitative estimate of drug-likeness (QED) is 0.0800. The van der Waals surface area contributed by atoms with E-state index < -0.39 is 4.92 Å². The van der Waals surface area contributed by atoms with Crippen LogP contribution in [0.25, 0.3) is 27.3 Å². The van der Waals surface area contributed by atoms with E-state index in [0.717, 1.165) is 21.5 Å². The van der Waals surface area contributed by atoms with Crippen LogP contribution in [0.1, 0.15) is 0 Å². The first-order chi connectivity index (χ1) is 22.3. The molecule has 0 radical (unpaired) electrons. The maximum Gasteiger partial charge on any atom is 0.292 e. The van der Waals surface area contributed by atoms with Crippen LogP contribution in [0.5, 0.6) is 0 Å². The zero-order valence-electron chi connectivity index (χ0n) is 23.6. The third-order valence-corrected chi connectivity index (χ3v) is 9.78. The molecule has 46 heavy (non-hydrogen) atoms. The van der Waals surface area contributed by atoms with E-state index in [-0.39, 0.29) is 34.7 Å². The molecule has 0 saturated heterocycles. The Hall–Kier alpha value is -4.76. The van der Waals surface area contributed by atoms with Gasteiger partial charge in [0, 0.05) is 28.0 Å². The zero-order valence-corrected chi connectivity index (χ0v) is 26.8. The molecule has 2 N–H and O–H groups in total. The number of hydrogen-bond acceptors (Lipinski definition) is 10. The van der Waals surface area contributed by atoms with Gasteiger partial charge < -0.3 is 10.6 Å². The number of benzene rings is 4. The Balaban J connectivity index is 1.09. The summed E-state index contributed by atoms with van der Waals surface area (Å²) in [7, 11) is 0. The number of anilines is 2. The summed E-state index contributed by atoms with van der Waals surface area (Å²) in [5.41, 5.74) is 3.01. The van der Waals surface area contributed by atoms with E-state index >= 15 is 0 Å². The molecule has 0 aliphatic heterocycles. The lowest BCUT2D eigenvalue weighted by Gasteiger charge is -2.10. The summed E-state index contributed by atoms with van der Waals surface area (Å²) in [6.07, 6.45) is 0. The second kappa shape index (κ2) is 14.1. The second-order valence-corrected chi connectivity index (χ2v) is 13.2. The summed E-state index contributed by atoms with van der Waals surface area (Å²) in [6.45, 7) is 0. The molecule has 0 spiro atoms. The highest BCUT2D eigenvalue weighted by molar-refractivity contribution is 8.01. The third-order valence-electron chi connectivity index (χ3n) is 6.44. The molecule has 15 heteroatoms. The van der Waals surface area contributed by atoms with E-state index in [4.69, 9.17) is 11.6 Å². The number of hydrogen-bond donors (Lipinski definition) is 2. The van der Waals surface area contributed by atoms with Crippen molar-refractivity contribution in [1.82, 2.24) is 19.7 Å². The summed E-state index contributed by atoms with van der Waals surface area (Å²) in [6, 6.07) is 28.4. The van der Waals surface area contributed by atoms with Crippen molar-refractivity contribution in [3.05, 3.63) is 112 Å². The number of thioether (sulfide) groups is 2. The molecular weight excluding hydrogens is 666 g/mol. The van der Waals surface area contributed by atoms with Crippen LogP contribution >= 0.6 is 46.5 Å². The summed E-state index contributed by atoms with van der Waals surface area (Å²) >= 11 is 9.96. The van der Waals surface area contributed by atoms with Crippen molar-refractivity contribution in [3.8, 4) is 17.1 Å². The highest BCUT2D eigenvalue weighted by Crippen LogP contribution is 2.33. The number of nitro groups is 1. The van der Waals surface area contributed by atoms with E-state index in [1.807, 2.05) is 53.1 Å². The molecule has 0 aliphatic rings. The van der Waals surface area contributed by atoms with Gasteiger partial charge in [-0.25, -0.2) is 4.98 Å². The molecule has 11 nitrogen and oxygen atoms in total.